The molecule has 1 heterocycles. The molecule has 0 aromatic carbocycles. The highest BCUT2D eigenvalue weighted by atomic mass is 16.2. The van der Waals surface area contributed by atoms with Crippen molar-refractivity contribution >= 4 is 6.03 Å². The molecule has 0 saturated carbocycles. The van der Waals surface area contributed by atoms with Gasteiger partial charge in [-0.25, -0.2) is 4.79 Å². The highest BCUT2D eigenvalue weighted by molar-refractivity contribution is 5.71. The SMILES string of the molecule is Cn1cc(CNCCNC(N)=O)cc1C#N. The highest BCUT2D eigenvalue weighted by Gasteiger charge is 2.01. The first-order chi connectivity index (χ1) is 7.63. The number of primary amides is 1. The highest BCUT2D eigenvalue weighted by Crippen LogP contribution is 2.05. The maximum absolute atomic E-state index is 10.4. The van der Waals surface area contributed by atoms with Crippen molar-refractivity contribution in [3.63, 3.8) is 0 Å². The first-order valence-corrected chi connectivity index (χ1v) is 4.93. The summed E-state index contributed by atoms with van der Waals surface area (Å²) in [7, 11) is 1.83. The van der Waals surface area contributed by atoms with Gasteiger partial charge in [-0.15, -0.1) is 0 Å². The molecule has 86 valence electrons. The number of nitriles is 1. The minimum Gasteiger partial charge on any atom is -0.352 e. The molecule has 16 heavy (non-hydrogen) atoms. The minimum absolute atomic E-state index is 0.493. The van der Waals surface area contributed by atoms with Gasteiger partial charge in [0.1, 0.15) is 11.8 Å². The van der Waals surface area contributed by atoms with Crippen molar-refractivity contribution in [3.05, 3.63) is 23.5 Å². The first kappa shape index (κ1) is 12.1. The van der Waals surface area contributed by atoms with Crippen LogP contribution in [-0.4, -0.2) is 23.7 Å². The second-order valence-corrected chi connectivity index (χ2v) is 3.42. The number of carbonyl (C=O) groups excluding carboxylic acids is 1. The zero-order valence-corrected chi connectivity index (χ0v) is 9.16. The first-order valence-electron chi connectivity index (χ1n) is 4.93. The van der Waals surface area contributed by atoms with Crippen LogP contribution in [-0.2, 0) is 13.6 Å². The fraction of sp³-hybridized carbons (Fsp3) is 0.400. The molecular formula is C10H15N5O. The van der Waals surface area contributed by atoms with Gasteiger partial charge in [0, 0.05) is 32.9 Å². The molecule has 0 saturated heterocycles. The molecule has 0 radical (unpaired) electrons. The van der Waals surface area contributed by atoms with Gasteiger partial charge in [0.2, 0.25) is 0 Å². The second-order valence-electron chi connectivity index (χ2n) is 3.42. The van der Waals surface area contributed by atoms with E-state index in [9.17, 15) is 4.79 Å². The third kappa shape index (κ3) is 3.63. The van der Waals surface area contributed by atoms with Gasteiger partial charge in [-0.05, 0) is 11.6 Å². The van der Waals surface area contributed by atoms with Gasteiger partial charge in [0.05, 0.1) is 0 Å². The number of hydrogen-bond acceptors (Lipinski definition) is 3. The van der Waals surface area contributed by atoms with Crippen LogP contribution in [0.5, 0.6) is 0 Å². The van der Waals surface area contributed by atoms with Gasteiger partial charge in [-0.2, -0.15) is 5.26 Å². The normalized spacial score (nSPS) is 9.75. The van der Waals surface area contributed by atoms with E-state index in [1.165, 1.54) is 0 Å². The van der Waals surface area contributed by atoms with E-state index in [-0.39, 0.29) is 0 Å². The van der Waals surface area contributed by atoms with Gasteiger partial charge < -0.3 is 20.9 Å². The number of aromatic nitrogens is 1. The maximum atomic E-state index is 10.4. The van der Waals surface area contributed by atoms with Gasteiger partial charge >= 0.3 is 6.03 Å². The molecule has 4 N–H and O–H groups in total. The van der Waals surface area contributed by atoms with E-state index >= 15 is 0 Å². The Bertz CT molecular complexity index is 404. The third-order valence-corrected chi connectivity index (χ3v) is 2.11. The number of nitrogens with two attached hydrogens (primary N) is 1. The Morgan fingerprint density at radius 3 is 2.94 bits per heavy atom. The molecule has 0 aliphatic rings. The van der Waals surface area contributed by atoms with Crippen molar-refractivity contribution in [2.24, 2.45) is 12.8 Å². The van der Waals surface area contributed by atoms with Crippen LogP contribution in [0.3, 0.4) is 0 Å². The molecule has 2 amide bonds. The smallest absolute Gasteiger partial charge is 0.312 e. The summed E-state index contributed by atoms with van der Waals surface area (Å²) in [6.45, 7) is 1.79. The Hall–Kier alpha value is -2.00. The van der Waals surface area contributed by atoms with Crippen LogP contribution >= 0.6 is 0 Å². The molecule has 1 rings (SSSR count). The number of nitrogens with zero attached hydrogens (tertiary/aromatic N) is 2. The van der Waals surface area contributed by atoms with Crippen molar-refractivity contribution in [2.45, 2.75) is 6.54 Å². The average Bonchev–Trinajstić information content (AvgIpc) is 2.58. The van der Waals surface area contributed by atoms with Crippen LogP contribution in [0.1, 0.15) is 11.3 Å². The number of aryl methyl sites for hydroxylation is 1. The maximum Gasteiger partial charge on any atom is 0.312 e. The fourth-order valence-electron chi connectivity index (χ4n) is 1.35. The van der Waals surface area contributed by atoms with Crippen LogP contribution < -0.4 is 16.4 Å². The van der Waals surface area contributed by atoms with E-state index in [0.29, 0.717) is 25.3 Å². The lowest BCUT2D eigenvalue weighted by atomic mass is 10.3. The summed E-state index contributed by atoms with van der Waals surface area (Å²) >= 11 is 0. The summed E-state index contributed by atoms with van der Waals surface area (Å²) in [5, 5.41) is 14.4. The van der Waals surface area contributed by atoms with Crippen molar-refractivity contribution < 1.29 is 4.79 Å². The van der Waals surface area contributed by atoms with Crippen LogP contribution in [0, 0.1) is 11.3 Å². The van der Waals surface area contributed by atoms with E-state index in [4.69, 9.17) is 11.0 Å². The molecule has 1 aromatic heterocycles. The summed E-state index contributed by atoms with van der Waals surface area (Å²) in [5.74, 6) is 0. The summed E-state index contributed by atoms with van der Waals surface area (Å²) in [5.41, 5.74) is 6.58. The number of carbonyl (C=O) groups is 1. The molecule has 6 heteroatoms. The standard InChI is InChI=1S/C10H15N5O/c1-15-7-8(4-9(15)5-11)6-13-2-3-14-10(12)16/h4,7,13H,2-3,6H2,1H3,(H3,12,14,16). The van der Waals surface area contributed by atoms with Crippen molar-refractivity contribution in [1.82, 2.24) is 15.2 Å². The molecule has 0 bridgehead atoms. The average molecular weight is 221 g/mol. The number of amides is 2. The number of rotatable bonds is 5. The Kier molecular flexibility index (Phi) is 4.36. The molecule has 0 spiro atoms. The fourth-order valence-corrected chi connectivity index (χ4v) is 1.35. The van der Waals surface area contributed by atoms with Crippen molar-refractivity contribution in [2.75, 3.05) is 13.1 Å². The lowest BCUT2D eigenvalue weighted by Crippen LogP contribution is -2.35. The number of hydrogen-bond donors (Lipinski definition) is 3. The quantitative estimate of drug-likeness (QED) is 0.593. The van der Waals surface area contributed by atoms with Crippen LogP contribution in [0.2, 0.25) is 0 Å². The molecule has 0 atom stereocenters. The number of urea groups is 1. The molecule has 1 aromatic rings. The molecule has 0 fully saturated rings. The second kappa shape index (κ2) is 5.78. The summed E-state index contributed by atoms with van der Waals surface area (Å²) in [4.78, 5) is 10.4. The zero-order valence-electron chi connectivity index (χ0n) is 9.16. The molecule has 0 aliphatic carbocycles. The van der Waals surface area contributed by atoms with Gasteiger partial charge in [0.25, 0.3) is 0 Å². The Morgan fingerprint density at radius 1 is 1.62 bits per heavy atom. The molecule has 0 aliphatic heterocycles. The third-order valence-electron chi connectivity index (χ3n) is 2.11. The zero-order chi connectivity index (χ0) is 12.0. The molecular weight excluding hydrogens is 206 g/mol. The van der Waals surface area contributed by atoms with Gasteiger partial charge in [-0.3, -0.25) is 0 Å². The van der Waals surface area contributed by atoms with Crippen LogP contribution in [0.4, 0.5) is 4.79 Å². The van der Waals surface area contributed by atoms with Crippen molar-refractivity contribution in [1.29, 1.82) is 5.26 Å². The van der Waals surface area contributed by atoms with Crippen LogP contribution in [0.15, 0.2) is 12.3 Å². The van der Waals surface area contributed by atoms with E-state index < -0.39 is 6.03 Å². The summed E-state index contributed by atoms with van der Waals surface area (Å²) < 4.78 is 1.78. The Balaban J connectivity index is 2.27. The monoisotopic (exact) mass is 221 g/mol. The van der Waals surface area contributed by atoms with E-state index in [0.717, 1.165) is 5.56 Å². The van der Waals surface area contributed by atoms with E-state index in [1.54, 1.807) is 4.57 Å². The van der Waals surface area contributed by atoms with E-state index in [1.807, 2.05) is 19.3 Å². The summed E-state index contributed by atoms with van der Waals surface area (Å²) in [6.07, 6.45) is 1.90. The lowest BCUT2D eigenvalue weighted by molar-refractivity contribution is 0.249. The van der Waals surface area contributed by atoms with Crippen LogP contribution in [0.25, 0.3) is 0 Å². The van der Waals surface area contributed by atoms with Crippen molar-refractivity contribution in [3.8, 4) is 6.07 Å². The predicted molar refractivity (Wildman–Crippen MR) is 59.4 cm³/mol. The van der Waals surface area contributed by atoms with Gasteiger partial charge in [-0.1, -0.05) is 0 Å². The largest absolute Gasteiger partial charge is 0.352 e. The predicted octanol–water partition coefficient (Wildman–Crippen LogP) is -0.345. The minimum atomic E-state index is -0.520. The topological polar surface area (TPSA) is 95.9 Å². The Morgan fingerprint density at radius 2 is 2.38 bits per heavy atom. The Labute approximate surface area is 94.0 Å². The van der Waals surface area contributed by atoms with Gasteiger partial charge in [0.15, 0.2) is 0 Å². The molecule has 6 nitrogen and oxygen atoms in total. The number of nitrogens with one attached hydrogen (secondary N) is 2. The summed E-state index contributed by atoms with van der Waals surface area (Å²) in [6, 6.07) is 3.40. The molecule has 0 unspecified atom stereocenters. The van der Waals surface area contributed by atoms with E-state index in [2.05, 4.69) is 16.7 Å². The lowest BCUT2D eigenvalue weighted by Gasteiger charge is -2.03.